The normalized spacial score (nSPS) is 14.8. The van der Waals surface area contributed by atoms with Gasteiger partial charge < -0.3 is 15.0 Å². The maximum atomic E-state index is 12.2. The third kappa shape index (κ3) is 6.20. The average Bonchev–Trinajstić information content (AvgIpc) is 2.58. The molecular formula is C18H23Cl2N3O2. The minimum Gasteiger partial charge on any atom is -0.490 e. The summed E-state index contributed by atoms with van der Waals surface area (Å²) in [6.45, 7) is 2.12. The zero-order chi connectivity index (χ0) is 16.1. The molecule has 7 heteroatoms. The van der Waals surface area contributed by atoms with E-state index in [1.54, 1.807) is 24.5 Å². The van der Waals surface area contributed by atoms with E-state index in [0.29, 0.717) is 5.56 Å². The number of anilines is 1. The summed E-state index contributed by atoms with van der Waals surface area (Å²) in [5.41, 5.74) is 1.32. The van der Waals surface area contributed by atoms with Crippen LogP contribution in [-0.2, 0) is 0 Å². The largest absolute Gasteiger partial charge is 0.490 e. The lowest BCUT2D eigenvalue weighted by Crippen LogP contribution is -2.35. The Morgan fingerprint density at radius 3 is 2.52 bits per heavy atom. The molecule has 0 atom stereocenters. The Hall–Kier alpha value is -1.82. The number of hydrogen-bond donors (Lipinski definition) is 1. The quantitative estimate of drug-likeness (QED) is 0.875. The van der Waals surface area contributed by atoms with E-state index in [9.17, 15) is 4.79 Å². The number of likely N-dealkylation sites (tertiary alicyclic amines) is 1. The fourth-order valence-electron chi connectivity index (χ4n) is 2.65. The van der Waals surface area contributed by atoms with Crippen LogP contribution in [0, 0.1) is 0 Å². The van der Waals surface area contributed by atoms with Gasteiger partial charge in [-0.05, 0) is 44.2 Å². The lowest BCUT2D eigenvalue weighted by molar-refractivity contribution is 0.102. The Kier molecular flexibility index (Phi) is 8.69. The number of nitrogens with one attached hydrogen (secondary N) is 1. The molecule has 25 heavy (non-hydrogen) atoms. The van der Waals surface area contributed by atoms with Gasteiger partial charge in [0.1, 0.15) is 11.9 Å². The van der Waals surface area contributed by atoms with Crippen molar-refractivity contribution in [3.05, 3.63) is 54.4 Å². The minimum absolute atomic E-state index is 0. The van der Waals surface area contributed by atoms with Crippen molar-refractivity contribution >= 4 is 36.4 Å². The second-order valence-corrected chi connectivity index (χ2v) is 5.84. The third-order valence-corrected chi connectivity index (χ3v) is 4.00. The molecule has 0 unspecified atom stereocenters. The number of nitrogens with zero attached hydrogens (tertiary/aromatic N) is 2. The first-order valence-electron chi connectivity index (χ1n) is 7.87. The van der Waals surface area contributed by atoms with Crippen molar-refractivity contribution in [1.82, 2.24) is 9.88 Å². The van der Waals surface area contributed by atoms with Crippen molar-refractivity contribution in [2.75, 3.05) is 25.5 Å². The smallest absolute Gasteiger partial charge is 0.255 e. The molecule has 1 amide bonds. The number of halogens is 2. The van der Waals surface area contributed by atoms with Crippen molar-refractivity contribution in [3.63, 3.8) is 0 Å². The zero-order valence-corrected chi connectivity index (χ0v) is 15.7. The summed E-state index contributed by atoms with van der Waals surface area (Å²) in [4.78, 5) is 18.4. The van der Waals surface area contributed by atoms with E-state index in [-0.39, 0.29) is 36.8 Å². The number of ether oxygens (including phenoxy) is 1. The van der Waals surface area contributed by atoms with Gasteiger partial charge in [0.25, 0.3) is 5.91 Å². The minimum atomic E-state index is -0.149. The first-order chi connectivity index (χ1) is 11.2. The number of aromatic nitrogens is 1. The van der Waals surface area contributed by atoms with E-state index in [1.165, 1.54) is 0 Å². The standard InChI is InChI=1S/C18H21N3O2.2ClH/c1-21-11-7-16(8-12-21)23-17-4-2-3-15(13-17)20-18(22)14-5-9-19-10-6-14;;/h2-6,9-10,13,16H,7-8,11-12H2,1H3,(H,20,22);2*1H. The van der Waals surface area contributed by atoms with Gasteiger partial charge in [-0.25, -0.2) is 0 Å². The molecule has 1 fully saturated rings. The number of amides is 1. The topological polar surface area (TPSA) is 54.5 Å². The predicted molar refractivity (Wildman–Crippen MR) is 104 cm³/mol. The van der Waals surface area contributed by atoms with Crippen LogP contribution in [0.5, 0.6) is 5.75 Å². The molecule has 2 heterocycles. The van der Waals surface area contributed by atoms with Gasteiger partial charge in [0.15, 0.2) is 0 Å². The zero-order valence-electron chi connectivity index (χ0n) is 14.1. The van der Waals surface area contributed by atoms with Crippen LogP contribution in [-0.4, -0.2) is 42.0 Å². The van der Waals surface area contributed by atoms with E-state index in [0.717, 1.165) is 37.4 Å². The van der Waals surface area contributed by atoms with E-state index in [1.807, 2.05) is 24.3 Å². The van der Waals surface area contributed by atoms with Gasteiger partial charge in [-0.1, -0.05) is 6.07 Å². The van der Waals surface area contributed by atoms with E-state index in [2.05, 4.69) is 22.2 Å². The van der Waals surface area contributed by atoms with Gasteiger partial charge in [-0.2, -0.15) is 0 Å². The number of carbonyl (C=O) groups is 1. The predicted octanol–water partition coefficient (Wildman–Crippen LogP) is 3.65. The van der Waals surface area contributed by atoms with E-state index in [4.69, 9.17) is 4.74 Å². The first kappa shape index (κ1) is 21.2. The summed E-state index contributed by atoms with van der Waals surface area (Å²) in [6.07, 6.45) is 5.52. The van der Waals surface area contributed by atoms with E-state index < -0.39 is 0 Å². The fourth-order valence-corrected chi connectivity index (χ4v) is 2.65. The highest BCUT2D eigenvalue weighted by atomic mass is 35.5. The van der Waals surface area contributed by atoms with Crippen molar-refractivity contribution in [2.45, 2.75) is 18.9 Å². The van der Waals surface area contributed by atoms with Crippen molar-refractivity contribution in [3.8, 4) is 5.75 Å². The molecule has 1 aromatic heterocycles. The van der Waals surface area contributed by atoms with Gasteiger partial charge >= 0.3 is 0 Å². The molecule has 3 rings (SSSR count). The number of carbonyl (C=O) groups excluding carboxylic acids is 1. The van der Waals surface area contributed by atoms with Gasteiger partial charge in [-0.15, -0.1) is 24.8 Å². The molecule has 0 saturated carbocycles. The lowest BCUT2D eigenvalue weighted by atomic mass is 10.1. The van der Waals surface area contributed by atoms with Gasteiger partial charge in [0.05, 0.1) is 0 Å². The maximum absolute atomic E-state index is 12.2. The Morgan fingerprint density at radius 1 is 1.16 bits per heavy atom. The molecule has 136 valence electrons. The average molecular weight is 384 g/mol. The number of hydrogen-bond acceptors (Lipinski definition) is 4. The summed E-state index contributed by atoms with van der Waals surface area (Å²) in [7, 11) is 2.13. The molecule has 1 aliphatic heterocycles. The molecular weight excluding hydrogens is 361 g/mol. The molecule has 0 bridgehead atoms. The van der Waals surface area contributed by atoms with Gasteiger partial charge in [-0.3, -0.25) is 9.78 Å². The number of benzene rings is 1. The number of rotatable bonds is 4. The molecule has 0 radical (unpaired) electrons. The lowest BCUT2D eigenvalue weighted by Gasteiger charge is -2.29. The van der Waals surface area contributed by atoms with Crippen LogP contribution in [0.4, 0.5) is 5.69 Å². The number of pyridine rings is 1. The second-order valence-electron chi connectivity index (χ2n) is 5.84. The second kappa shape index (κ2) is 10.2. The first-order valence-corrected chi connectivity index (χ1v) is 7.87. The molecule has 0 aliphatic carbocycles. The van der Waals surface area contributed by atoms with Gasteiger partial charge in [0, 0.05) is 42.8 Å². The molecule has 0 spiro atoms. The monoisotopic (exact) mass is 383 g/mol. The fraction of sp³-hybridized carbons (Fsp3) is 0.333. The van der Waals surface area contributed by atoms with E-state index >= 15 is 0 Å². The molecule has 2 aromatic rings. The van der Waals surface area contributed by atoms with Crippen LogP contribution in [0.1, 0.15) is 23.2 Å². The van der Waals surface area contributed by atoms with Crippen LogP contribution in [0.2, 0.25) is 0 Å². The van der Waals surface area contributed by atoms with Crippen LogP contribution in [0.15, 0.2) is 48.8 Å². The Balaban J connectivity index is 0.00000156. The Labute approximate surface area is 160 Å². The van der Waals surface area contributed by atoms with Crippen LogP contribution in [0.3, 0.4) is 0 Å². The van der Waals surface area contributed by atoms with Crippen LogP contribution in [0.25, 0.3) is 0 Å². The summed E-state index contributed by atoms with van der Waals surface area (Å²) in [5, 5.41) is 2.89. The molecule has 1 saturated heterocycles. The summed E-state index contributed by atoms with van der Waals surface area (Å²) in [5.74, 6) is 0.649. The third-order valence-electron chi connectivity index (χ3n) is 4.00. The summed E-state index contributed by atoms with van der Waals surface area (Å²) < 4.78 is 6.04. The van der Waals surface area contributed by atoms with Crippen molar-refractivity contribution < 1.29 is 9.53 Å². The molecule has 1 N–H and O–H groups in total. The SMILES string of the molecule is CN1CCC(Oc2cccc(NC(=O)c3ccncc3)c2)CC1.Cl.Cl. The summed E-state index contributed by atoms with van der Waals surface area (Å²) in [6, 6.07) is 10.9. The molecule has 1 aromatic carbocycles. The highest BCUT2D eigenvalue weighted by Crippen LogP contribution is 2.22. The van der Waals surface area contributed by atoms with Crippen molar-refractivity contribution in [2.24, 2.45) is 0 Å². The Morgan fingerprint density at radius 2 is 1.84 bits per heavy atom. The maximum Gasteiger partial charge on any atom is 0.255 e. The molecule has 5 nitrogen and oxygen atoms in total. The van der Waals surface area contributed by atoms with Gasteiger partial charge in [0.2, 0.25) is 0 Å². The molecule has 1 aliphatic rings. The Bertz CT molecular complexity index is 662. The highest BCUT2D eigenvalue weighted by Gasteiger charge is 2.18. The van der Waals surface area contributed by atoms with Crippen LogP contribution < -0.4 is 10.1 Å². The summed E-state index contributed by atoms with van der Waals surface area (Å²) >= 11 is 0. The number of piperidine rings is 1. The van der Waals surface area contributed by atoms with Crippen molar-refractivity contribution in [1.29, 1.82) is 0 Å². The highest BCUT2D eigenvalue weighted by molar-refractivity contribution is 6.04. The van der Waals surface area contributed by atoms with Crippen LogP contribution >= 0.6 is 24.8 Å².